The molecule has 0 aromatic heterocycles. The second-order valence-corrected chi connectivity index (χ2v) is 9.52. The Morgan fingerprint density at radius 3 is 2.03 bits per heavy atom. The summed E-state index contributed by atoms with van der Waals surface area (Å²) in [5, 5.41) is 5.70. The predicted octanol–water partition coefficient (Wildman–Crippen LogP) is 4.95. The lowest BCUT2D eigenvalue weighted by atomic mass is 9.86. The molecular formula is C25H34N2O4. The minimum absolute atomic E-state index is 0.0726. The van der Waals surface area contributed by atoms with Crippen molar-refractivity contribution >= 4 is 12.0 Å². The lowest BCUT2D eigenvalue weighted by molar-refractivity contribution is 0.0523. The van der Waals surface area contributed by atoms with Crippen LogP contribution in [0.2, 0.25) is 0 Å². The van der Waals surface area contributed by atoms with E-state index in [9.17, 15) is 9.59 Å². The zero-order chi connectivity index (χ0) is 23.2. The molecular weight excluding hydrogens is 392 g/mol. The first-order valence-electron chi connectivity index (χ1n) is 10.4. The molecule has 0 aliphatic rings. The standard InChI is InChI=1S/C25H34N2O4/c1-24(2,3)19-11-12-21(30-7)20(14-19)22(28)26-15-17-9-8-10-18(13-17)16-27-23(29)31-25(4,5)6/h8-14H,15-16H2,1-7H3,(H,26,28)(H,27,29). The van der Waals surface area contributed by atoms with Crippen molar-refractivity contribution in [3.63, 3.8) is 0 Å². The molecule has 31 heavy (non-hydrogen) atoms. The van der Waals surface area contributed by atoms with Gasteiger partial charge in [-0.1, -0.05) is 51.1 Å². The molecule has 0 fully saturated rings. The summed E-state index contributed by atoms with van der Waals surface area (Å²) in [6.07, 6.45) is -0.461. The molecule has 2 rings (SSSR count). The Morgan fingerprint density at radius 1 is 0.871 bits per heavy atom. The van der Waals surface area contributed by atoms with Crippen LogP contribution in [0.1, 0.15) is 68.6 Å². The number of amides is 2. The van der Waals surface area contributed by atoms with Crippen molar-refractivity contribution in [2.75, 3.05) is 7.11 Å². The summed E-state index contributed by atoms with van der Waals surface area (Å²) in [6.45, 7) is 12.5. The summed E-state index contributed by atoms with van der Waals surface area (Å²) < 4.78 is 10.6. The van der Waals surface area contributed by atoms with Gasteiger partial charge in [0.15, 0.2) is 0 Å². The first-order valence-corrected chi connectivity index (χ1v) is 10.4. The van der Waals surface area contributed by atoms with Crippen molar-refractivity contribution in [1.82, 2.24) is 10.6 Å². The zero-order valence-corrected chi connectivity index (χ0v) is 19.6. The molecule has 0 saturated heterocycles. The summed E-state index contributed by atoms with van der Waals surface area (Å²) in [4.78, 5) is 24.7. The van der Waals surface area contributed by atoms with E-state index in [4.69, 9.17) is 9.47 Å². The summed E-state index contributed by atoms with van der Waals surface area (Å²) in [5.74, 6) is 0.348. The van der Waals surface area contributed by atoms with Crippen LogP contribution in [0.25, 0.3) is 0 Å². The van der Waals surface area contributed by atoms with Gasteiger partial charge in [0.2, 0.25) is 0 Å². The number of alkyl carbamates (subject to hydrolysis) is 1. The third-order valence-electron chi connectivity index (χ3n) is 4.59. The van der Waals surface area contributed by atoms with Crippen LogP contribution in [0.15, 0.2) is 42.5 Å². The number of carbonyl (C=O) groups excluding carboxylic acids is 2. The van der Waals surface area contributed by atoms with Gasteiger partial charge in [0.25, 0.3) is 5.91 Å². The molecule has 0 spiro atoms. The van der Waals surface area contributed by atoms with Gasteiger partial charge in [0.05, 0.1) is 12.7 Å². The van der Waals surface area contributed by atoms with Crippen LogP contribution in [0.3, 0.4) is 0 Å². The number of carbonyl (C=O) groups is 2. The average Bonchev–Trinajstić information content (AvgIpc) is 2.68. The van der Waals surface area contributed by atoms with Crippen molar-refractivity contribution in [3.05, 3.63) is 64.7 Å². The molecule has 2 aromatic carbocycles. The Kier molecular flexibility index (Phi) is 7.71. The largest absolute Gasteiger partial charge is 0.496 e. The maximum Gasteiger partial charge on any atom is 0.407 e. The van der Waals surface area contributed by atoms with Gasteiger partial charge in [-0.15, -0.1) is 0 Å². The Bertz CT molecular complexity index is 924. The summed E-state index contributed by atoms with van der Waals surface area (Å²) in [5.41, 5.74) is 2.82. The van der Waals surface area contributed by atoms with Gasteiger partial charge in [-0.25, -0.2) is 4.79 Å². The second-order valence-electron chi connectivity index (χ2n) is 9.52. The Hall–Kier alpha value is -3.02. The van der Waals surface area contributed by atoms with Crippen molar-refractivity contribution in [3.8, 4) is 5.75 Å². The molecule has 0 unspecified atom stereocenters. The highest BCUT2D eigenvalue weighted by Gasteiger charge is 2.19. The molecule has 6 heteroatoms. The first kappa shape index (κ1) is 24.3. The fourth-order valence-corrected chi connectivity index (χ4v) is 2.97. The number of benzene rings is 2. The quantitative estimate of drug-likeness (QED) is 0.685. The lowest BCUT2D eigenvalue weighted by Crippen LogP contribution is -2.32. The number of methoxy groups -OCH3 is 1. The van der Waals surface area contributed by atoms with E-state index < -0.39 is 11.7 Å². The minimum Gasteiger partial charge on any atom is -0.496 e. The third kappa shape index (κ3) is 7.63. The van der Waals surface area contributed by atoms with Crippen LogP contribution < -0.4 is 15.4 Å². The molecule has 0 aliphatic carbocycles. The predicted molar refractivity (Wildman–Crippen MR) is 122 cm³/mol. The van der Waals surface area contributed by atoms with Gasteiger partial charge in [-0.05, 0) is 55.0 Å². The fraction of sp³-hybridized carbons (Fsp3) is 0.440. The molecule has 0 bridgehead atoms. The summed E-state index contributed by atoms with van der Waals surface area (Å²) >= 11 is 0. The number of rotatable bonds is 6. The Labute approximate surface area is 185 Å². The second kappa shape index (κ2) is 9.86. The lowest BCUT2D eigenvalue weighted by Gasteiger charge is -2.21. The third-order valence-corrected chi connectivity index (χ3v) is 4.59. The van der Waals surface area contributed by atoms with Crippen LogP contribution in [-0.2, 0) is 23.2 Å². The normalized spacial score (nSPS) is 11.6. The van der Waals surface area contributed by atoms with Crippen molar-refractivity contribution in [2.45, 2.75) is 65.6 Å². The first-order chi connectivity index (χ1) is 14.4. The summed E-state index contributed by atoms with van der Waals surface area (Å²) in [7, 11) is 1.56. The van der Waals surface area contributed by atoms with Gasteiger partial charge in [-0.2, -0.15) is 0 Å². The zero-order valence-electron chi connectivity index (χ0n) is 19.6. The van der Waals surface area contributed by atoms with Gasteiger partial charge in [0, 0.05) is 13.1 Å². The van der Waals surface area contributed by atoms with E-state index in [2.05, 4.69) is 31.4 Å². The molecule has 6 nitrogen and oxygen atoms in total. The molecule has 168 valence electrons. The van der Waals surface area contributed by atoms with Crippen LogP contribution >= 0.6 is 0 Å². The van der Waals surface area contributed by atoms with E-state index >= 15 is 0 Å². The van der Waals surface area contributed by atoms with Gasteiger partial charge in [0.1, 0.15) is 11.4 Å². The van der Waals surface area contributed by atoms with Crippen LogP contribution in [-0.4, -0.2) is 24.7 Å². The fourth-order valence-electron chi connectivity index (χ4n) is 2.97. The molecule has 0 atom stereocenters. The maximum absolute atomic E-state index is 12.8. The minimum atomic E-state index is -0.540. The monoisotopic (exact) mass is 426 g/mol. The maximum atomic E-state index is 12.8. The van der Waals surface area contributed by atoms with Gasteiger partial charge >= 0.3 is 6.09 Å². The van der Waals surface area contributed by atoms with Crippen LogP contribution in [0, 0.1) is 0 Å². The average molecular weight is 427 g/mol. The number of ether oxygens (including phenoxy) is 2. The highest BCUT2D eigenvalue weighted by Crippen LogP contribution is 2.28. The van der Waals surface area contributed by atoms with Gasteiger partial charge in [-0.3, -0.25) is 4.79 Å². The summed E-state index contributed by atoms with van der Waals surface area (Å²) in [6, 6.07) is 13.4. The molecule has 0 heterocycles. The van der Waals surface area contributed by atoms with E-state index in [1.54, 1.807) is 7.11 Å². The van der Waals surface area contributed by atoms with E-state index in [1.165, 1.54) is 0 Å². The molecule has 0 radical (unpaired) electrons. The van der Waals surface area contributed by atoms with E-state index in [1.807, 2.05) is 63.2 Å². The smallest absolute Gasteiger partial charge is 0.407 e. The van der Waals surface area contributed by atoms with Crippen molar-refractivity contribution in [2.24, 2.45) is 0 Å². The van der Waals surface area contributed by atoms with E-state index in [-0.39, 0.29) is 11.3 Å². The van der Waals surface area contributed by atoms with Crippen LogP contribution in [0.5, 0.6) is 5.75 Å². The van der Waals surface area contributed by atoms with Gasteiger partial charge < -0.3 is 20.1 Å². The Morgan fingerprint density at radius 2 is 1.48 bits per heavy atom. The SMILES string of the molecule is COc1ccc(C(C)(C)C)cc1C(=O)NCc1cccc(CNC(=O)OC(C)(C)C)c1. The Balaban J connectivity index is 2.03. The molecule has 0 aliphatic heterocycles. The number of nitrogens with one attached hydrogen (secondary N) is 2. The van der Waals surface area contributed by atoms with Crippen molar-refractivity contribution in [1.29, 1.82) is 0 Å². The topological polar surface area (TPSA) is 76.7 Å². The number of hydrogen-bond donors (Lipinski definition) is 2. The number of hydrogen-bond acceptors (Lipinski definition) is 4. The van der Waals surface area contributed by atoms with Crippen molar-refractivity contribution < 1.29 is 19.1 Å². The highest BCUT2D eigenvalue weighted by atomic mass is 16.6. The molecule has 2 aromatic rings. The van der Waals surface area contributed by atoms with E-state index in [0.717, 1.165) is 16.7 Å². The van der Waals surface area contributed by atoms with Crippen LogP contribution in [0.4, 0.5) is 4.79 Å². The molecule has 0 saturated carbocycles. The van der Waals surface area contributed by atoms with E-state index in [0.29, 0.717) is 24.4 Å². The highest BCUT2D eigenvalue weighted by molar-refractivity contribution is 5.97. The molecule has 2 N–H and O–H groups in total. The molecule has 2 amide bonds.